The van der Waals surface area contributed by atoms with E-state index >= 15 is 0 Å². The number of nitrogens with one attached hydrogen (secondary N) is 2. The van der Waals surface area contributed by atoms with Crippen LogP contribution in [0.2, 0.25) is 0 Å². The van der Waals surface area contributed by atoms with Crippen LogP contribution >= 0.6 is 0 Å². The first-order valence-corrected chi connectivity index (χ1v) is 8.30. The monoisotopic (exact) mass is 342 g/mol. The Balaban J connectivity index is 1.59. The maximum atomic E-state index is 6.27. The van der Waals surface area contributed by atoms with Crippen molar-refractivity contribution in [3.05, 3.63) is 78.8 Å². The number of hydrogen-bond acceptors (Lipinski definition) is 6. The highest BCUT2D eigenvalue weighted by Crippen LogP contribution is 2.29. The van der Waals surface area contributed by atoms with Gasteiger partial charge >= 0.3 is 0 Å². The third-order valence-corrected chi connectivity index (χ3v) is 4.07. The fourth-order valence-electron chi connectivity index (χ4n) is 2.75. The summed E-state index contributed by atoms with van der Waals surface area (Å²) in [5, 5.41) is 7.58. The Morgan fingerprint density at radius 1 is 0.808 bits per heavy atom. The first-order chi connectivity index (χ1) is 12.8. The Morgan fingerprint density at radius 3 is 2.50 bits per heavy atom. The molecule has 0 radical (unpaired) electrons. The molecular weight excluding hydrogens is 324 g/mol. The molecule has 0 fully saturated rings. The zero-order chi connectivity index (χ0) is 17.8. The number of benzene rings is 2. The number of nitrogen functional groups attached to an aromatic ring is 1. The Labute approximate surface area is 151 Å². The van der Waals surface area contributed by atoms with Crippen LogP contribution in [0.3, 0.4) is 0 Å². The maximum absolute atomic E-state index is 6.27. The second kappa shape index (κ2) is 7.06. The van der Waals surface area contributed by atoms with E-state index in [4.69, 9.17) is 5.73 Å². The molecule has 2 aromatic carbocycles. The van der Waals surface area contributed by atoms with Crippen LogP contribution in [0.4, 0.5) is 23.0 Å². The van der Waals surface area contributed by atoms with Crippen LogP contribution in [0.15, 0.2) is 73.2 Å². The molecule has 2 heterocycles. The molecule has 0 amide bonds. The molecule has 6 heteroatoms. The van der Waals surface area contributed by atoms with Crippen molar-refractivity contribution in [3.8, 4) is 0 Å². The van der Waals surface area contributed by atoms with Gasteiger partial charge in [0.15, 0.2) is 11.6 Å². The van der Waals surface area contributed by atoms with Crippen molar-refractivity contribution >= 4 is 33.9 Å². The van der Waals surface area contributed by atoms with Gasteiger partial charge in [0.05, 0.1) is 11.2 Å². The van der Waals surface area contributed by atoms with Gasteiger partial charge in [-0.15, -0.1) is 0 Å². The molecule has 0 bridgehead atoms. The molecule has 0 saturated heterocycles. The number of pyridine rings is 1. The molecule has 128 valence electrons. The third-order valence-electron chi connectivity index (χ3n) is 4.07. The Bertz CT molecular complexity index is 1030. The number of fused-ring (bicyclic) bond motifs is 1. The van der Waals surface area contributed by atoms with Crippen LogP contribution < -0.4 is 16.4 Å². The summed E-state index contributed by atoms with van der Waals surface area (Å²) >= 11 is 0. The van der Waals surface area contributed by atoms with Gasteiger partial charge in [-0.3, -0.25) is 4.98 Å². The second-order valence-corrected chi connectivity index (χ2v) is 5.83. The van der Waals surface area contributed by atoms with Gasteiger partial charge in [-0.25, -0.2) is 9.97 Å². The molecule has 4 N–H and O–H groups in total. The minimum absolute atomic E-state index is 0.469. The van der Waals surface area contributed by atoms with Crippen molar-refractivity contribution < 1.29 is 0 Å². The minimum atomic E-state index is 0.469. The van der Waals surface area contributed by atoms with Crippen molar-refractivity contribution in [1.82, 2.24) is 15.0 Å². The summed E-state index contributed by atoms with van der Waals surface area (Å²) in [4.78, 5) is 13.0. The maximum Gasteiger partial charge on any atom is 0.159 e. The molecule has 0 aliphatic rings. The highest BCUT2D eigenvalue weighted by molar-refractivity contribution is 5.93. The van der Waals surface area contributed by atoms with E-state index in [0.29, 0.717) is 23.9 Å². The van der Waals surface area contributed by atoms with Crippen LogP contribution in [0, 0.1) is 0 Å². The van der Waals surface area contributed by atoms with E-state index in [-0.39, 0.29) is 0 Å². The van der Waals surface area contributed by atoms with Crippen molar-refractivity contribution in [2.24, 2.45) is 0 Å². The number of nitrogens with two attached hydrogens (primary N) is 1. The lowest BCUT2D eigenvalue weighted by Gasteiger charge is -2.13. The minimum Gasteiger partial charge on any atom is -0.393 e. The fourth-order valence-corrected chi connectivity index (χ4v) is 2.75. The van der Waals surface area contributed by atoms with E-state index in [2.05, 4.69) is 25.6 Å². The van der Waals surface area contributed by atoms with Gasteiger partial charge in [0, 0.05) is 18.1 Å². The quantitative estimate of drug-likeness (QED) is 0.509. The summed E-state index contributed by atoms with van der Waals surface area (Å²) in [5.74, 6) is 1.15. The van der Waals surface area contributed by atoms with Crippen LogP contribution in [0.5, 0.6) is 0 Å². The van der Waals surface area contributed by atoms with E-state index in [1.165, 1.54) is 6.33 Å². The van der Waals surface area contributed by atoms with Gasteiger partial charge in [-0.1, -0.05) is 48.5 Å². The average Bonchev–Trinajstić information content (AvgIpc) is 2.70. The number of rotatable bonds is 5. The molecule has 0 spiro atoms. The topological polar surface area (TPSA) is 88.8 Å². The lowest BCUT2D eigenvalue weighted by Crippen LogP contribution is -2.08. The number of anilines is 4. The molecule has 6 nitrogen and oxygen atoms in total. The summed E-state index contributed by atoms with van der Waals surface area (Å²) in [5.41, 5.74) is 9.61. The molecule has 4 aromatic rings. The Morgan fingerprint density at radius 2 is 1.62 bits per heavy atom. The predicted molar refractivity (Wildman–Crippen MR) is 105 cm³/mol. The van der Waals surface area contributed by atoms with Gasteiger partial charge in [-0.2, -0.15) is 0 Å². The van der Waals surface area contributed by atoms with Gasteiger partial charge in [0.2, 0.25) is 0 Å². The smallest absolute Gasteiger partial charge is 0.159 e. The van der Waals surface area contributed by atoms with Crippen molar-refractivity contribution in [2.75, 3.05) is 16.4 Å². The van der Waals surface area contributed by atoms with Crippen LogP contribution in [0.25, 0.3) is 10.9 Å². The summed E-state index contributed by atoms with van der Waals surface area (Å²) < 4.78 is 0. The van der Waals surface area contributed by atoms with E-state index in [1.807, 2.05) is 60.7 Å². The van der Waals surface area contributed by atoms with Crippen LogP contribution in [-0.4, -0.2) is 15.0 Å². The van der Waals surface area contributed by atoms with E-state index < -0.39 is 0 Å². The van der Waals surface area contributed by atoms with Crippen molar-refractivity contribution in [2.45, 2.75) is 6.54 Å². The highest BCUT2D eigenvalue weighted by Gasteiger charge is 2.10. The number of aromatic nitrogens is 3. The molecular formula is C20H18N6. The predicted octanol–water partition coefficient (Wildman–Crippen LogP) is 3.96. The largest absolute Gasteiger partial charge is 0.393 e. The normalized spacial score (nSPS) is 10.6. The molecule has 0 aliphatic heterocycles. The average molecular weight is 342 g/mol. The Kier molecular flexibility index (Phi) is 4.30. The summed E-state index contributed by atoms with van der Waals surface area (Å²) in [7, 11) is 0. The zero-order valence-electron chi connectivity index (χ0n) is 14.1. The molecule has 0 unspecified atom stereocenters. The van der Waals surface area contributed by atoms with Crippen LogP contribution in [0.1, 0.15) is 5.56 Å². The second-order valence-electron chi connectivity index (χ2n) is 5.83. The molecule has 26 heavy (non-hydrogen) atoms. The van der Waals surface area contributed by atoms with E-state index in [0.717, 1.165) is 22.2 Å². The summed E-state index contributed by atoms with van der Waals surface area (Å²) in [6, 6.07) is 20.0. The van der Waals surface area contributed by atoms with Crippen LogP contribution in [-0.2, 0) is 6.54 Å². The summed E-state index contributed by atoms with van der Waals surface area (Å²) in [6.45, 7) is 0.636. The lowest BCUT2D eigenvalue weighted by atomic mass is 10.2. The lowest BCUT2D eigenvalue weighted by molar-refractivity contribution is 1.09. The first kappa shape index (κ1) is 15.8. The standard InChI is InChI=1S/C20H18N6/c21-17-19(23-12-14-6-2-1-3-7-14)24-13-25-20(17)26-16-10-4-8-15-9-5-11-22-18(15)16/h1-11,13H,12,21H2,(H2,23,24,25,26). The third kappa shape index (κ3) is 3.25. The molecule has 2 aromatic heterocycles. The molecule has 0 aliphatic carbocycles. The highest BCUT2D eigenvalue weighted by atomic mass is 15.1. The first-order valence-electron chi connectivity index (χ1n) is 8.30. The summed E-state index contributed by atoms with van der Waals surface area (Å²) in [6.07, 6.45) is 3.26. The molecule has 4 rings (SSSR count). The van der Waals surface area contributed by atoms with Gasteiger partial charge < -0.3 is 16.4 Å². The molecule has 0 atom stereocenters. The number of para-hydroxylation sites is 1. The number of hydrogen-bond donors (Lipinski definition) is 3. The van der Waals surface area contributed by atoms with Crippen molar-refractivity contribution in [1.29, 1.82) is 0 Å². The van der Waals surface area contributed by atoms with Gasteiger partial charge in [0.25, 0.3) is 0 Å². The van der Waals surface area contributed by atoms with E-state index in [1.54, 1.807) is 6.20 Å². The van der Waals surface area contributed by atoms with Gasteiger partial charge in [-0.05, 0) is 17.7 Å². The van der Waals surface area contributed by atoms with E-state index in [9.17, 15) is 0 Å². The van der Waals surface area contributed by atoms with Crippen molar-refractivity contribution in [3.63, 3.8) is 0 Å². The fraction of sp³-hybridized carbons (Fsp3) is 0.0500. The Hall–Kier alpha value is -3.67. The van der Waals surface area contributed by atoms with Gasteiger partial charge in [0.1, 0.15) is 12.0 Å². The molecule has 0 saturated carbocycles. The SMILES string of the molecule is Nc1c(NCc2ccccc2)ncnc1Nc1cccc2cccnc12. The number of nitrogens with zero attached hydrogens (tertiary/aromatic N) is 3. The zero-order valence-corrected chi connectivity index (χ0v) is 14.1.